The van der Waals surface area contributed by atoms with Crippen molar-refractivity contribution in [3.63, 3.8) is 0 Å². The molecule has 3 aromatic carbocycles. The zero-order valence-corrected chi connectivity index (χ0v) is 25.3. The molecule has 4 rings (SSSR count). The molecular weight excluding hydrogens is 512 g/mol. The van der Waals surface area contributed by atoms with Crippen molar-refractivity contribution in [2.75, 3.05) is 13.2 Å². The molecule has 0 saturated carbocycles. The van der Waals surface area contributed by atoms with E-state index in [1.807, 2.05) is 18.2 Å². The third-order valence-electron chi connectivity index (χ3n) is 7.60. The molecule has 212 valence electrons. The first-order chi connectivity index (χ1) is 19.3. The van der Waals surface area contributed by atoms with Gasteiger partial charge < -0.3 is 19.0 Å². The molecule has 3 aromatic rings. The molecule has 1 fully saturated rings. The first-order valence-electron chi connectivity index (χ1n) is 14.6. The molecule has 1 saturated heterocycles. The second-order valence-electron chi connectivity index (χ2n) is 11.7. The van der Waals surface area contributed by atoms with Crippen LogP contribution in [0.1, 0.15) is 64.9 Å². The Morgan fingerprint density at radius 3 is 2.05 bits per heavy atom. The molecule has 0 spiro atoms. The van der Waals surface area contributed by atoms with Gasteiger partial charge in [-0.2, -0.15) is 0 Å². The van der Waals surface area contributed by atoms with Crippen LogP contribution in [-0.4, -0.2) is 38.5 Å². The van der Waals surface area contributed by atoms with Crippen molar-refractivity contribution in [3.8, 4) is 11.8 Å². The van der Waals surface area contributed by atoms with E-state index in [1.54, 1.807) is 0 Å². The van der Waals surface area contributed by atoms with Crippen LogP contribution in [0.3, 0.4) is 0 Å². The number of hydrogen-bond donors (Lipinski definition) is 1. The summed E-state index contributed by atoms with van der Waals surface area (Å²) >= 11 is 0. The van der Waals surface area contributed by atoms with Gasteiger partial charge >= 0.3 is 0 Å². The van der Waals surface area contributed by atoms with Crippen molar-refractivity contribution >= 4 is 18.7 Å². The quantitative estimate of drug-likeness (QED) is 0.173. The van der Waals surface area contributed by atoms with Crippen molar-refractivity contribution in [1.29, 1.82) is 0 Å². The van der Waals surface area contributed by atoms with Gasteiger partial charge in [0, 0.05) is 19.4 Å². The summed E-state index contributed by atoms with van der Waals surface area (Å²) in [5, 5.41) is 13.2. The zero-order valence-electron chi connectivity index (χ0n) is 24.3. The van der Waals surface area contributed by atoms with Crippen LogP contribution in [0.15, 0.2) is 91.0 Å². The van der Waals surface area contributed by atoms with Crippen LogP contribution in [0.4, 0.5) is 0 Å². The summed E-state index contributed by atoms with van der Waals surface area (Å²) in [4.78, 5) is 0. The summed E-state index contributed by atoms with van der Waals surface area (Å²) in [5.74, 6) is 4.84. The highest BCUT2D eigenvalue weighted by atomic mass is 28.4. The number of aliphatic hydroxyl groups is 1. The fourth-order valence-electron chi connectivity index (χ4n) is 5.51. The van der Waals surface area contributed by atoms with E-state index < -0.39 is 14.1 Å². The van der Waals surface area contributed by atoms with Gasteiger partial charge in [0.05, 0.1) is 19.3 Å². The standard InChI is InChI=1S/C35H44O4Si/c1-34(2,3)40(32-21-9-5-10-22-32,33-23-11-6-12-24-33)39-28-16-20-31(37-29-30-17-7-4-8-18-30)19-15-26-35(36)25-13-14-27-38-35/h4-12,17-18,21-24,31,36H,13-14,16,19-20,25,27-29H2,1-3H3/t31-,35?/m1/s1. The fraction of sp³-hybridized carbons (Fsp3) is 0.429. The minimum Gasteiger partial charge on any atom is -0.407 e. The summed E-state index contributed by atoms with van der Waals surface area (Å²) in [6.45, 7) is 8.64. The van der Waals surface area contributed by atoms with Crippen LogP contribution in [0.5, 0.6) is 0 Å². The van der Waals surface area contributed by atoms with E-state index in [9.17, 15) is 5.11 Å². The topological polar surface area (TPSA) is 47.9 Å². The molecule has 40 heavy (non-hydrogen) atoms. The average Bonchev–Trinajstić information content (AvgIpc) is 2.97. The molecule has 2 atom stereocenters. The number of hydrogen-bond acceptors (Lipinski definition) is 4. The second-order valence-corrected chi connectivity index (χ2v) is 16.0. The van der Waals surface area contributed by atoms with Gasteiger partial charge in [-0.3, -0.25) is 0 Å². The Kier molecular flexibility index (Phi) is 10.8. The molecule has 1 aliphatic rings. The fourth-order valence-corrected chi connectivity index (χ4v) is 10.1. The normalized spacial score (nSPS) is 18.5. The lowest BCUT2D eigenvalue weighted by Gasteiger charge is -2.43. The summed E-state index contributed by atoms with van der Waals surface area (Å²) in [7, 11) is -2.57. The summed E-state index contributed by atoms with van der Waals surface area (Å²) in [6, 6.07) is 31.7. The summed E-state index contributed by atoms with van der Waals surface area (Å²) in [5.41, 5.74) is 1.14. The maximum absolute atomic E-state index is 10.6. The minimum atomic E-state index is -2.57. The maximum atomic E-state index is 10.6. The van der Waals surface area contributed by atoms with Gasteiger partial charge in [0.1, 0.15) is 0 Å². The van der Waals surface area contributed by atoms with Gasteiger partial charge in [0.2, 0.25) is 5.79 Å². The molecule has 0 aromatic heterocycles. The van der Waals surface area contributed by atoms with Crippen molar-refractivity contribution in [2.24, 2.45) is 0 Å². The second kappa shape index (κ2) is 14.3. The molecular formula is C35H44O4Si. The molecule has 1 heterocycles. The molecule has 1 aliphatic heterocycles. The highest BCUT2D eigenvalue weighted by molar-refractivity contribution is 6.99. The smallest absolute Gasteiger partial charge is 0.261 e. The molecule has 0 amide bonds. The van der Waals surface area contributed by atoms with Crippen LogP contribution >= 0.6 is 0 Å². The molecule has 0 radical (unpaired) electrons. The van der Waals surface area contributed by atoms with E-state index in [0.29, 0.717) is 32.7 Å². The number of rotatable bonds is 11. The Balaban J connectivity index is 1.47. The lowest BCUT2D eigenvalue weighted by atomic mass is 10.1. The van der Waals surface area contributed by atoms with Crippen LogP contribution in [0.25, 0.3) is 0 Å². The number of benzene rings is 3. The van der Waals surface area contributed by atoms with Gasteiger partial charge in [-0.1, -0.05) is 118 Å². The molecule has 0 aliphatic carbocycles. The predicted octanol–water partition coefficient (Wildman–Crippen LogP) is 6.21. The van der Waals surface area contributed by atoms with E-state index in [-0.39, 0.29) is 11.1 Å². The average molecular weight is 557 g/mol. The lowest BCUT2D eigenvalue weighted by molar-refractivity contribution is -0.181. The Morgan fingerprint density at radius 1 is 0.900 bits per heavy atom. The van der Waals surface area contributed by atoms with Crippen molar-refractivity contribution in [2.45, 2.75) is 82.8 Å². The minimum absolute atomic E-state index is 0.0557. The van der Waals surface area contributed by atoms with Gasteiger partial charge in [-0.15, -0.1) is 0 Å². The van der Waals surface area contributed by atoms with Gasteiger partial charge in [-0.05, 0) is 52.6 Å². The van der Waals surface area contributed by atoms with E-state index in [2.05, 4.69) is 105 Å². The van der Waals surface area contributed by atoms with Crippen LogP contribution in [0.2, 0.25) is 5.04 Å². The van der Waals surface area contributed by atoms with E-state index in [1.165, 1.54) is 10.4 Å². The Labute approximate surface area is 241 Å². The van der Waals surface area contributed by atoms with E-state index in [0.717, 1.165) is 31.2 Å². The van der Waals surface area contributed by atoms with Crippen molar-refractivity contribution < 1.29 is 19.0 Å². The predicted molar refractivity (Wildman–Crippen MR) is 165 cm³/mol. The third kappa shape index (κ3) is 7.93. The molecule has 4 nitrogen and oxygen atoms in total. The molecule has 1 N–H and O–H groups in total. The van der Waals surface area contributed by atoms with Crippen molar-refractivity contribution in [3.05, 3.63) is 96.6 Å². The first-order valence-corrected chi connectivity index (χ1v) is 16.5. The van der Waals surface area contributed by atoms with Gasteiger partial charge in [0.15, 0.2) is 0 Å². The zero-order chi connectivity index (χ0) is 28.3. The van der Waals surface area contributed by atoms with Crippen LogP contribution in [-0.2, 0) is 20.5 Å². The van der Waals surface area contributed by atoms with E-state index >= 15 is 0 Å². The Hall–Kier alpha value is -2.72. The highest BCUT2D eigenvalue weighted by Gasteiger charge is 2.49. The Bertz CT molecular complexity index is 1170. The number of ether oxygens (including phenoxy) is 2. The molecule has 5 heteroatoms. The third-order valence-corrected chi connectivity index (χ3v) is 12.6. The van der Waals surface area contributed by atoms with Crippen molar-refractivity contribution in [1.82, 2.24) is 0 Å². The monoisotopic (exact) mass is 556 g/mol. The molecule has 0 bridgehead atoms. The van der Waals surface area contributed by atoms with Gasteiger partial charge in [-0.25, -0.2) is 0 Å². The van der Waals surface area contributed by atoms with Gasteiger partial charge in [0.25, 0.3) is 8.32 Å². The maximum Gasteiger partial charge on any atom is 0.261 e. The van der Waals surface area contributed by atoms with Crippen LogP contribution in [0, 0.1) is 11.8 Å². The van der Waals surface area contributed by atoms with Crippen LogP contribution < -0.4 is 10.4 Å². The largest absolute Gasteiger partial charge is 0.407 e. The first kappa shape index (κ1) is 30.2. The van der Waals surface area contributed by atoms with E-state index in [4.69, 9.17) is 13.9 Å². The summed E-state index contributed by atoms with van der Waals surface area (Å²) in [6.07, 6.45) is 4.60. The lowest BCUT2D eigenvalue weighted by Crippen LogP contribution is -2.66. The SMILES string of the molecule is CC(C)(C)[Si](OCCC[C@@H](CC#CC1(O)CCCCO1)OCc1ccccc1)(c1ccccc1)c1ccccc1. The Morgan fingerprint density at radius 2 is 1.50 bits per heavy atom. The highest BCUT2D eigenvalue weighted by Crippen LogP contribution is 2.37. The molecule has 1 unspecified atom stereocenters. The summed E-state index contributed by atoms with van der Waals surface area (Å²) < 4.78 is 19.0.